The summed E-state index contributed by atoms with van der Waals surface area (Å²) in [6.45, 7) is 6.42. The summed E-state index contributed by atoms with van der Waals surface area (Å²) in [7, 11) is 0. The predicted molar refractivity (Wildman–Crippen MR) is 353 cm³/mol. The van der Waals surface area contributed by atoms with Crippen LogP contribution in [-0.2, 0) is 28.6 Å². The van der Waals surface area contributed by atoms with Crippen LogP contribution in [0.3, 0.4) is 0 Å². The molecule has 0 aromatic heterocycles. The van der Waals surface area contributed by atoms with Gasteiger partial charge < -0.3 is 14.2 Å². The van der Waals surface area contributed by atoms with Crippen molar-refractivity contribution in [1.82, 2.24) is 0 Å². The minimum atomic E-state index is -0.794. The fourth-order valence-corrected chi connectivity index (χ4v) is 9.40. The van der Waals surface area contributed by atoms with Gasteiger partial charge in [0.15, 0.2) is 6.10 Å². The number of esters is 3. The van der Waals surface area contributed by atoms with E-state index >= 15 is 0 Å². The van der Waals surface area contributed by atoms with Gasteiger partial charge in [0.1, 0.15) is 13.2 Å². The van der Waals surface area contributed by atoms with Crippen LogP contribution >= 0.6 is 0 Å². The molecule has 0 amide bonds. The van der Waals surface area contributed by atoms with Crippen molar-refractivity contribution in [3.8, 4) is 0 Å². The fraction of sp³-hybridized carbons (Fsp3) is 0.693. The van der Waals surface area contributed by atoms with E-state index in [0.29, 0.717) is 19.3 Å². The quantitative estimate of drug-likeness (QED) is 0.0261. The van der Waals surface area contributed by atoms with Gasteiger partial charge in [-0.3, -0.25) is 14.4 Å². The number of ether oxygens (including phenoxy) is 3. The van der Waals surface area contributed by atoms with Crippen LogP contribution in [0.4, 0.5) is 0 Å². The zero-order valence-corrected chi connectivity index (χ0v) is 53.0. The smallest absolute Gasteiger partial charge is 0.306 e. The lowest BCUT2D eigenvalue weighted by Crippen LogP contribution is -2.30. The maximum absolute atomic E-state index is 13.0. The van der Waals surface area contributed by atoms with Crippen LogP contribution in [0.5, 0.6) is 0 Å². The average molecular weight is 1120 g/mol. The van der Waals surface area contributed by atoms with E-state index in [1.54, 1.807) is 0 Å². The Bertz CT molecular complexity index is 1670. The van der Waals surface area contributed by atoms with E-state index < -0.39 is 6.10 Å². The number of rotatable bonds is 61. The van der Waals surface area contributed by atoms with Crippen LogP contribution < -0.4 is 0 Å². The summed E-state index contributed by atoms with van der Waals surface area (Å²) in [6.07, 6.45) is 94.9. The Hall–Kier alpha value is -4.19. The van der Waals surface area contributed by atoms with Crippen molar-refractivity contribution in [3.05, 3.63) is 122 Å². The Morgan fingerprint density at radius 2 is 0.481 bits per heavy atom. The summed E-state index contributed by atoms with van der Waals surface area (Å²) in [5.74, 6) is -0.899. The molecule has 6 nitrogen and oxygen atoms in total. The second-order valence-corrected chi connectivity index (χ2v) is 22.3. The molecule has 462 valence electrons. The van der Waals surface area contributed by atoms with E-state index in [1.807, 2.05) is 0 Å². The van der Waals surface area contributed by atoms with Crippen LogP contribution in [0.2, 0.25) is 0 Å². The summed E-state index contributed by atoms with van der Waals surface area (Å²) in [5, 5.41) is 0. The van der Waals surface area contributed by atoms with E-state index in [4.69, 9.17) is 14.2 Å². The molecule has 0 N–H and O–H groups in total. The van der Waals surface area contributed by atoms with Crippen molar-refractivity contribution >= 4 is 17.9 Å². The highest BCUT2D eigenvalue weighted by Crippen LogP contribution is 2.16. The molecule has 0 aliphatic carbocycles. The largest absolute Gasteiger partial charge is 0.462 e. The third-order valence-corrected chi connectivity index (χ3v) is 14.4. The van der Waals surface area contributed by atoms with E-state index in [0.717, 1.165) is 128 Å². The van der Waals surface area contributed by atoms with Gasteiger partial charge in [0.05, 0.1) is 0 Å². The molecule has 0 spiro atoms. The first-order valence-electron chi connectivity index (χ1n) is 34.0. The molecule has 0 radical (unpaired) electrons. The Kier molecular flexibility index (Phi) is 64.8. The van der Waals surface area contributed by atoms with E-state index in [-0.39, 0.29) is 31.1 Å². The van der Waals surface area contributed by atoms with Crippen molar-refractivity contribution in [1.29, 1.82) is 0 Å². The van der Waals surface area contributed by atoms with Gasteiger partial charge in [-0.2, -0.15) is 0 Å². The Balaban J connectivity index is 4.43. The van der Waals surface area contributed by atoms with Gasteiger partial charge in [-0.15, -0.1) is 0 Å². The lowest BCUT2D eigenvalue weighted by atomic mass is 10.1. The lowest BCUT2D eigenvalue weighted by molar-refractivity contribution is -0.167. The fourth-order valence-electron chi connectivity index (χ4n) is 9.40. The van der Waals surface area contributed by atoms with Gasteiger partial charge in [-0.25, -0.2) is 0 Å². The van der Waals surface area contributed by atoms with Crippen LogP contribution in [0.25, 0.3) is 0 Å². The topological polar surface area (TPSA) is 78.9 Å². The summed E-state index contributed by atoms with van der Waals surface area (Å²) < 4.78 is 17.0. The number of hydrogen-bond acceptors (Lipinski definition) is 6. The SMILES string of the molecule is CC/C=C\C/C=C\C/C=C\C/C=C\C/C=C\CCCCCCCCCC(=O)OCC(COC(=O)CCCCCCCCCCC/C=C\CCCCCCCC)OC(=O)CCCCCCCCCC/C=C\C/C=C\C/C=C\C/C=C\CC. The average Bonchev–Trinajstić information content (AvgIpc) is 3.47. The molecule has 0 bridgehead atoms. The number of carbonyl (C=O) groups is 3. The second-order valence-electron chi connectivity index (χ2n) is 22.3. The molecule has 0 fully saturated rings. The highest BCUT2D eigenvalue weighted by atomic mass is 16.6. The summed E-state index contributed by atoms with van der Waals surface area (Å²) >= 11 is 0. The number of carbonyl (C=O) groups excluding carboxylic acids is 3. The summed E-state index contributed by atoms with van der Waals surface area (Å²) in [4.78, 5) is 38.5. The third kappa shape index (κ3) is 66.5. The van der Waals surface area contributed by atoms with E-state index in [1.165, 1.54) is 148 Å². The third-order valence-electron chi connectivity index (χ3n) is 14.4. The molecule has 0 aromatic carbocycles. The first kappa shape index (κ1) is 76.8. The molecule has 0 saturated heterocycles. The van der Waals surface area contributed by atoms with Gasteiger partial charge in [0, 0.05) is 19.3 Å². The van der Waals surface area contributed by atoms with Crippen molar-refractivity contribution < 1.29 is 28.6 Å². The zero-order chi connectivity index (χ0) is 58.5. The maximum Gasteiger partial charge on any atom is 0.306 e. The summed E-state index contributed by atoms with van der Waals surface area (Å²) in [5.41, 5.74) is 0. The first-order valence-corrected chi connectivity index (χ1v) is 34.0. The molecule has 6 heteroatoms. The molecule has 1 unspecified atom stereocenters. The molecule has 0 rings (SSSR count). The minimum Gasteiger partial charge on any atom is -0.462 e. The Morgan fingerprint density at radius 1 is 0.259 bits per heavy atom. The lowest BCUT2D eigenvalue weighted by Gasteiger charge is -2.18. The Morgan fingerprint density at radius 3 is 0.765 bits per heavy atom. The van der Waals surface area contributed by atoms with Crippen LogP contribution in [0.15, 0.2) is 122 Å². The van der Waals surface area contributed by atoms with Gasteiger partial charge in [0.25, 0.3) is 0 Å². The maximum atomic E-state index is 13.0. The number of unbranched alkanes of at least 4 members (excludes halogenated alkanes) is 30. The molecule has 0 aliphatic heterocycles. The zero-order valence-electron chi connectivity index (χ0n) is 53.0. The number of hydrogen-bond donors (Lipinski definition) is 0. The molecule has 1 atom stereocenters. The minimum absolute atomic E-state index is 0.0872. The van der Waals surface area contributed by atoms with Gasteiger partial charge in [0.2, 0.25) is 0 Å². The molecular weight excluding hydrogens is 997 g/mol. The summed E-state index contributed by atoms with van der Waals surface area (Å²) in [6, 6.07) is 0. The highest BCUT2D eigenvalue weighted by molar-refractivity contribution is 5.71. The van der Waals surface area contributed by atoms with Gasteiger partial charge in [-0.05, 0) is 128 Å². The van der Waals surface area contributed by atoms with Crippen LogP contribution in [0, 0.1) is 0 Å². The standard InChI is InChI=1S/C75H126O6/c1-4-7-10-13-16-19-22-25-28-31-34-36-37-39-41-44-47-50-53-56-59-62-65-68-74(77)80-71-72(70-79-73(76)67-64-61-58-55-52-49-46-43-40-33-30-27-24-21-18-15-12-9-6-3)81-75(78)69-66-63-60-57-54-51-48-45-42-38-35-32-29-26-23-20-17-14-11-8-5-2/h7-8,10-11,16-17,19-20,25-30,34-36,38-39,41,72H,4-6,9,12-15,18,21-24,31-33,37,40,42-71H2,1-3H3/b10-7-,11-8-,19-16-,20-17-,28-25-,29-26-,30-27-,36-34-,38-35-,41-39-. The molecule has 81 heavy (non-hydrogen) atoms. The Labute approximate surface area is 501 Å². The molecule has 0 saturated carbocycles. The normalized spacial score (nSPS) is 12.9. The monoisotopic (exact) mass is 1120 g/mol. The number of allylic oxidation sites excluding steroid dienone is 20. The van der Waals surface area contributed by atoms with Gasteiger partial charge in [-0.1, -0.05) is 290 Å². The molecule has 0 aromatic rings. The van der Waals surface area contributed by atoms with E-state index in [2.05, 4.69) is 142 Å². The predicted octanol–water partition coefficient (Wildman–Crippen LogP) is 23.6. The van der Waals surface area contributed by atoms with Crippen molar-refractivity contribution in [2.24, 2.45) is 0 Å². The van der Waals surface area contributed by atoms with Crippen molar-refractivity contribution in [3.63, 3.8) is 0 Å². The molecule has 0 heterocycles. The second kappa shape index (κ2) is 68.3. The molecule has 0 aliphatic rings. The van der Waals surface area contributed by atoms with Crippen LogP contribution in [0.1, 0.15) is 316 Å². The van der Waals surface area contributed by atoms with Gasteiger partial charge >= 0.3 is 17.9 Å². The molecular formula is C75H126O6. The van der Waals surface area contributed by atoms with E-state index in [9.17, 15) is 14.4 Å². The van der Waals surface area contributed by atoms with Crippen LogP contribution in [-0.4, -0.2) is 37.2 Å². The van der Waals surface area contributed by atoms with Crippen molar-refractivity contribution in [2.75, 3.05) is 13.2 Å². The highest BCUT2D eigenvalue weighted by Gasteiger charge is 2.19. The first-order chi connectivity index (χ1) is 40.0. The van der Waals surface area contributed by atoms with Crippen molar-refractivity contribution in [2.45, 2.75) is 322 Å².